The third kappa shape index (κ3) is 2.33. The Bertz CT molecular complexity index is 353. The lowest BCUT2D eigenvalue weighted by atomic mass is 10.0. The molecule has 0 spiro atoms. The third-order valence-electron chi connectivity index (χ3n) is 3.75. The summed E-state index contributed by atoms with van der Waals surface area (Å²) in [5, 5.41) is 3.66. The lowest BCUT2D eigenvalue weighted by molar-refractivity contribution is 0.428. The molecule has 2 unspecified atom stereocenters. The highest BCUT2D eigenvalue weighted by atomic mass is 32.1. The number of nitrogens with one attached hydrogen (secondary N) is 1. The molecule has 0 bridgehead atoms. The third-order valence-corrected chi connectivity index (χ3v) is 5.07. The van der Waals surface area contributed by atoms with Gasteiger partial charge in [-0.15, -0.1) is 11.3 Å². The Morgan fingerprint density at radius 3 is 2.56 bits per heavy atom. The summed E-state index contributed by atoms with van der Waals surface area (Å²) in [7, 11) is 0. The highest BCUT2D eigenvalue weighted by molar-refractivity contribution is 7.12. The van der Waals surface area contributed by atoms with Crippen molar-refractivity contribution in [1.82, 2.24) is 5.32 Å². The molecular weight excluding hydrogens is 214 g/mol. The summed E-state index contributed by atoms with van der Waals surface area (Å²) < 4.78 is 0. The minimum absolute atomic E-state index is 0.545. The van der Waals surface area contributed by atoms with Gasteiger partial charge in [0.05, 0.1) is 0 Å². The number of hydrogen-bond donors (Lipinski definition) is 1. The predicted octanol–water partition coefficient (Wildman–Crippen LogP) is 4.01. The second-order valence-corrected chi connectivity index (χ2v) is 6.69. The number of rotatable bonds is 5. The Labute approximate surface area is 103 Å². The molecule has 1 nitrogen and oxygen atoms in total. The van der Waals surface area contributed by atoms with Crippen molar-refractivity contribution in [3.05, 3.63) is 21.9 Å². The van der Waals surface area contributed by atoms with Crippen molar-refractivity contribution in [2.24, 2.45) is 11.3 Å². The molecule has 0 aliphatic heterocycles. The zero-order valence-corrected chi connectivity index (χ0v) is 11.7. The summed E-state index contributed by atoms with van der Waals surface area (Å²) in [6.07, 6.45) is 2.53. The fraction of sp³-hybridized carbons (Fsp3) is 0.714. The van der Waals surface area contributed by atoms with Crippen LogP contribution in [-0.2, 0) is 6.42 Å². The highest BCUT2D eigenvalue weighted by Crippen LogP contribution is 2.58. The van der Waals surface area contributed by atoms with Crippen molar-refractivity contribution >= 4 is 11.3 Å². The van der Waals surface area contributed by atoms with Crippen molar-refractivity contribution in [2.75, 3.05) is 6.54 Å². The summed E-state index contributed by atoms with van der Waals surface area (Å²) in [6, 6.07) is 5.20. The van der Waals surface area contributed by atoms with E-state index >= 15 is 0 Å². The molecule has 0 aromatic carbocycles. The van der Waals surface area contributed by atoms with Crippen LogP contribution in [0.1, 0.15) is 49.9 Å². The van der Waals surface area contributed by atoms with Crippen LogP contribution in [0.5, 0.6) is 0 Å². The maximum absolute atomic E-state index is 3.66. The average Bonchev–Trinajstić information content (AvgIpc) is 2.69. The maximum Gasteiger partial charge on any atom is 0.0448 e. The van der Waals surface area contributed by atoms with Crippen molar-refractivity contribution in [1.29, 1.82) is 0 Å². The molecule has 90 valence electrons. The minimum Gasteiger partial charge on any atom is -0.309 e. The fourth-order valence-electron chi connectivity index (χ4n) is 2.49. The minimum atomic E-state index is 0.545. The van der Waals surface area contributed by atoms with E-state index in [0.29, 0.717) is 11.5 Å². The van der Waals surface area contributed by atoms with E-state index in [1.165, 1.54) is 16.2 Å². The molecule has 1 saturated carbocycles. The molecule has 1 aromatic rings. The van der Waals surface area contributed by atoms with Gasteiger partial charge in [-0.05, 0) is 42.9 Å². The summed E-state index contributed by atoms with van der Waals surface area (Å²) in [5.41, 5.74) is 0.545. The molecule has 1 aliphatic rings. The zero-order chi connectivity index (χ0) is 11.8. The van der Waals surface area contributed by atoms with Crippen molar-refractivity contribution in [2.45, 2.75) is 46.6 Å². The van der Waals surface area contributed by atoms with Crippen LogP contribution in [0.25, 0.3) is 0 Å². The molecule has 0 saturated heterocycles. The van der Waals surface area contributed by atoms with Crippen LogP contribution in [0.15, 0.2) is 12.1 Å². The van der Waals surface area contributed by atoms with Gasteiger partial charge in [0.1, 0.15) is 0 Å². The van der Waals surface area contributed by atoms with E-state index in [4.69, 9.17) is 0 Å². The van der Waals surface area contributed by atoms with Crippen LogP contribution in [0, 0.1) is 11.3 Å². The molecule has 2 atom stereocenters. The smallest absolute Gasteiger partial charge is 0.0448 e. The average molecular weight is 237 g/mol. The Morgan fingerprint density at radius 1 is 1.44 bits per heavy atom. The van der Waals surface area contributed by atoms with Crippen LogP contribution in [0.2, 0.25) is 0 Å². The first-order valence-corrected chi connectivity index (χ1v) is 7.22. The van der Waals surface area contributed by atoms with E-state index in [2.05, 4.69) is 45.1 Å². The van der Waals surface area contributed by atoms with Gasteiger partial charge in [0.15, 0.2) is 0 Å². The summed E-state index contributed by atoms with van der Waals surface area (Å²) >= 11 is 1.99. The SMILES string of the molecule is CCNC(c1ccc(CC)s1)C1CC1(C)C. The van der Waals surface area contributed by atoms with Gasteiger partial charge in [-0.25, -0.2) is 0 Å². The standard InChI is InChI=1S/C14H23NS/c1-5-10-7-8-12(16-10)13(15-6-2)11-9-14(11,3)4/h7-8,11,13,15H,5-6,9H2,1-4H3. The predicted molar refractivity (Wildman–Crippen MR) is 72.0 cm³/mol. The first-order chi connectivity index (χ1) is 7.58. The zero-order valence-electron chi connectivity index (χ0n) is 10.8. The van der Waals surface area contributed by atoms with Gasteiger partial charge in [-0.3, -0.25) is 0 Å². The molecule has 0 amide bonds. The Balaban J connectivity index is 2.13. The Hall–Kier alpha value is -0.340. The second kappa shape index (κ2) is 4.50. The molecule has 16 heavy (non-hydrogen) atoms. The summed E-state index contributed by atoms with van der Waals surface area (Å²) in [5.74, 6) is 0.829. The molecule has 1 N–H and O–H groups in total. The molecule has 1 heterocycles. The van der Waals surface area contributed by atoms with Gasteiger partial charge in [-0.1, -0.05) is 27.7 Å². The van der Waals surface area contributed by atoms with Crippen LogP contribution in [0.4, 0.5) is 0 Å². The second-order valence-electron chi connectivity index (χ2n) is 5.49. The molecule has 2 rings (SSSR count). The molecular formula is C14H23NS. The van der Waals surface area contributed by atoms with Crippen molar-refractivity contribution in [3.63, 3.8) is 0 Å². The molecule has 0 radical (unpaired) electrons. The number of thiophene rings is 1. The van der Waals surface area contributed by atoms with Crippen LogP contribution < -0.4 is 5.32 Å². The molecule has 1 aromatic heterocycles. The van der Waals surface area contributed by atoms with Crippen molar-refractivity contribution < 1.29 is 0 Å². The van der Waals surface area contributed by atoms with E-state index in [1.807, 2.05) is 11.3 Å². The van der Waals surface area contributed by atoms with E-state index in [-0.39, 0.29) is 0 Å². The highest BCUT2D eigenvalue weighted by Gasteiger charge is 2.50. The van der Waals surface area contributed by atoms with Gasteiger partial charge in [0, 0.05) is 15.8 Å². The molecule has 1 fully saturated rings. The monoisotopic (exact) mass is 237 g/mol. The van der Waals surface area contributed by atoms with E-state index in [1.54, 1.807) is 0 Å². The topological polar surface area (TPSA) is 12.0 Å². The largest absolute Gasteiger partial charge is 0.309 e. The quantitative estimate of drug-likeness (QED) is 0.816. The van der Waals surface area contributed by atoms with Gasteiger partial charge in [0.2, 0.25) is 0 Å². The van der Waals surface area contributed by atoms with Gasteiger partial charge in [0.25, 0.3) is 0 Å². The van der Waals surface area contributed by atoms with Crippen molar-refractivity contribution in [3.8, 4) is 0 Å². The maximum atomic E-state index is 3.66. The lowest BCUT2D eigenvalue weighted by Gasteiger charge is -2.18. The first-order valence-electron chi connectivity index (χ1n) is 6.40. The van der Waals surface area contributed by atoms with Gasteiger partial charge in [-0.2, -0.15) is 0 Å². The Morgan fingerprint density at radius 2 is 2.12 bits per heavy atom. The van der Waals surface area contributed by atoms with E-state index in [9.17, 15) is 0 Å². The van der Waals surface area contributed by atoms with E-state index < -0.39 is 0 Å². The van der Waals surface area contributed by atoms with Crippen LogP contribution >= 0.6 is 11.3 Å². The molecule has 2 heteroatoms. The first kappa shape index (κ1) is 12.1. The molecule has 1 aliphatic carbocycles. The fourth-order valence-corrected chi connectivity index (χ4v) is 3.58. The number of hydrogen-bond acceptors (Lipinski definition) is 2. The van der Waals surface area contributed by atoms with E-state index in [0.717, 1.165) is 18.9 Å². The Kier molecular flexibility index (Phi) is 3.41. The lowest BCUT2D eigenvalue weighted by Crippen LogP contribution is -2.23. The van der Waals surface area contributed by atoms with Gasteiger partial charge >= 0.3 is 0 Å². The van der Waals surface area contributed by atoms with Crippen LogP contribution in [-0.4, -0.2) is 6.54 Å². The normalized spacial score (nSPS) is 24.4. The van der Waals surface area contributed by atoms with Crippen LogP contribution in [0.3, 0.4) is 0 Å². The summed E-state index contributed by atoms with van der Waals surface area (Å²) in [6.45, 7) is 10.3. The van der Waals surface area contributed by atoms with Gasteiger partial charge < -0.3 is 5.32 Å². The summed E-state index contributed by atoms with van der Waals surface area (Å²) in [4.78, 5) is 3.05. The number of aryl methyl sites for hydroxylation is 1.